The number of likely N-dealkylation sites (tertiary alicyclic amines) is 1. The van der Waals surface area contributed by atoms with Crippen molar-refractivity contribution in [3.8, 4) is 0 Å². The van der Waals surface area contributed by atoms with Gasteiger partial charge in [-0.15, -0.1) is 0 Å². The van der Waals surface area contributed by atoms with Crippen molar-refractivity contribution in [3.05, 3.63) is 11.6 Å². The zero-order chi connectivity index (χ0) is 9.10. The average Bonchev–Trinajstić information content (AvgIpc) is 2.57. The van der Waals surface area contributed by atoms with Crippen LogP contribution in [0.1, 0.15) is 12.8 Å². The highest BCUT2D eigenvalue weighted by Crippen LogP contribution is 2.24. The third kappa shape index (κ3) is 2.25. The summed E-state index contributed by atoms with van der Waals surface area (Å²) < 4.78 is 0. The predicted molar refractivity (Wildman–Crippen MR) is 55.9 cm³/mol. The summed E-state index contributed by atoms with van der Waals surface area (Å²) in [5, 5.41) is 3.59. The molecule has 2 aliphatic rings. The molecular formula is C10H17ClN2. The summed E-state index contributed by atoms with van der Waals surface area (Å²) in [7, 11) is 0. The van der Waals surface area contributed by atoms with Crippen LogP contribution in [-0.4, -0.2) is 37.1 Å². The van der Waals surface area contributed by atoms with Gasteiger partial charge >= 0.3 is 0 Å². The van der Waals surface area contributed by atoms with E-state index in [4.69, 9.17) is 11.6 Å². The minimum absolute atomic E-state index is 0.748. The van der Waals surface area contributed by atoms with Gasteiger partial charge in [0.05, 0.1) is 0 Å². The molecule has 2 fully saturated rings. The van der Waals surface area contributed by atoms with Crippen LogP contribution in [0, 0.1) is 5.92 Å². The number of hydrogen-bond donors (Lipinski definition) is 1. The van der Waals surface area contributed by atoms with Gasteiger partial charge in [0.25, 0.3) is 0 Å². The van der Waals surface area contributed by atoms with Gasteiger partial charge in [-0.1, -0.05) is 17.7 Å². The minimum atomic E-state index is 0.748. The third-order valence-corrected chi connectivity index (χ3v) is 3.31. The summed E-state index contributed by atoms with van der Waals surface area (Å²) >= 11 is 5.51. The Morgan fingerprint density at radius 2 is 2.38 bits per heavy atom. The lowest BCUT2D eigenvalue weighted by atomic mass is 9.94. The maximum atomic E-state index is 5.51. The number of halogens is 1. The van der Waals surface area contributed by atoms with Crippen LogP contribution < -0.4 is 5.32 Å². The number of fused-ring (bicyclic) bond motifs is 1. The monoisotopic (exact) mass is 200 g/mol. The van der Waals surface area contributed by atoms with Gasteiger partial charge in [-0.25, -0.2) is 0 Å². The van der Waals surface area contributed by atoms with E-state index in [9.17, 15) is 0 Å². The fourth-order valence-electron chi connectivity index (χ4n) is 2.47. The third-order valence-electron chi connectivity index (χ3n) is 3.13. The molecule has 0 aromatic rings. The molecule has 13 heavy (non-hydrogen) atoms. The van der Waals surface area contributed by atoms with Crippen molar-refractivity contribution in [3.63, 3.8) is 0 Å². The molecule has 0 aromatic heterocycles. The van der Waals surface area contributed by atoms with Crippen molar-refractivity contribution < 1.29 is 0 Å². The normalized spacial score (nSPS) is 35.5. The number of nitrogens with one attached hydrogen (secondary N) is 1. The van der Waals surface area contributed by atoms with Gasteiger partial charge in [-0.3, -0.25) is 4.90 Å². The zero-order valence-electron chi connectivity index (χ0n) is 7.88. The molecule has 0 saturated carbocycles. The first kappa shape index (κ1) is 9.50. The van der Waals surface area contributed by atoms with Crippen LogP contribution in [-0.2, 0) is 0 Å². The maximum Gasteiger partial charge on any atom is 0.0235 e. The molecule has 1 N–H and O–H groups in total. The Kier molecular flexibility index (Phi) is 3.25. The standard InChI is InChI=1S/C10H17ClN2/c11-4-2-6-13-7-9-3-1-5-12-10(9)8-13/h2,4,9-10,12H,1,3,5-8H2/b4-2+. The molecule has 74 valence electrons. The van der Waals surface area contributed by atoms with Crippen molar-refractivity contribution in [2.75, 3.05) is 26.2 Å². The van der Waals surface area contributed by atoms with Crippen molar-refractivity contribution in [2.45, 2.75) is 18.9 Å². The lowest BCUT2D eigenvalue weighted by Crippen LogP contribution is -2.40. The molecule has 2 atom stereocenters. The van der Waals surface area contributed by atoms with E-state index in [1.54, 1.807) is 5.54 Å². The van der Waals surface area contributed by atoms with E-state index < -0.39 is 0 Å². The molecule has 0 aromatic carbocycles. The minimum Gasteiger partial charge on any atom is -0.312 e. The van der Waals surface area contributed by atoms with E-state index in [1.807, 2.05) is 6.08 Å². The highest BCUT2D eigenvalue weighted by atomic mass is 35.5. The summed E-state index contributed by atoms with van der Waals surface area (Å²) in [4.78, 5) is 2.48. The Hall–Kier alpha value is -0.0500. The first-order valence-corrected chi connectivity index (χ1v) is 5.55. The van der Waals surface area contributed by atoms with E-state index in [-0.39, 0.29) is 0 Å². The first-order chi connectivity index (χ1) is 6.40. The van der Waals surface area contributed by atoms with E-state index in [0.29, 0.717) is 0 Å². The smallest absolute Gasteiger partial charge is 0.0235 e. The van der Waals surface area contributed by atoms with Crippen molar-refractivity contribution in [1.82, 2.24) is 10.2 Å². The van der Waals surface area contributed by atoms with Crippen molar-refractivity contribution in [1.29, 1.82) is 0 Å². The molecule has 0 aliphatic carbocycles. The Labute approximate surface area is 84.9 Å². The molecule has 0 bridgehead atoms. The van der Waals surface area contributed by atoms with Gasteiger partial charge in [0.1, 0.15) is 0 Å². The van der Waals surface area contributed by atoms with Gasteiger partial charge in [0.15, 0.2) is 0 Å². The molecule has 2 aliphatic heterocycles. The molecule has 2 unspecified atom stereocenters. The molecule has 0 radical (unpaired) electrons. The molecular weight excluding hydrogens is 184 g/mol. The van der Waals surface area contributed by atoms with Crippen LogP contribution in [0.4, 0.5) is 0 Å². The average molecular weight is 201 g/mol. The SMILES string of the molecule is Cl/C=C/CN1CC2CCCNC2C1. The van der Waals surface area contributed by atoms with E-state index in [2.05, 4.69) is 10.2 Å². The molecule has 2 heterocycles. The summed E-state index contributed by atoms with van der Waals surface area (Å²) in [6, 6.07) is 0.748. The zero-order valence-corrected chi connectivity index (χ0v) is 8.63. The van der Waals surface area contributed by atoms with Gasteiger partial charge in [-0.05, 0) is 25.3 Å². The van der Waals surface area contributed by atoms with Gasteiger partial charge in [0.2, 0.25) is 0 Å². The van der Waals surface area contributed by atoms with Crippen molar-refractivity contribution >= 4 is 11.6 Å². The number of nitrogens with zero attached hydrogens (tertiary/aromatic N) is 1. The summed E-state index contributed by atoms with van der Waals surface area (Å²) in [5.74, 6) is 0.887. The predicted octanol–water partition coefficient (Wildman–Crippen LogP) is 1.42. The van der Waals surface area contributed by atoms with E-state index >= 15 is 0 Å². The quantitative estimate of drug-likeness (QED) is 0.726. The Morgan fingerprint density at radius 3 is 3.15 bits per heavy atom. The van der Waals surface area contributed by atoms with Crippen LogP contribution in [0.3, 0.4) is 0 Å². The summed E-state index contributed by atoms with van der Waals surface area (Å²) in [6.07, 6.45) is 4.78. The van der Waals surface area contributed by atoms with Crippen molar-refractivity contribution in [2.24, 2.45) is 5.92 Å². The van der Waals surface area contributed by atoms with Gasteiger partial charge in [-0.2, -0.15) is 0 Å². The number of piperidine rings is 1. The molecule has 2 saturated heterocycles. The molecule has 0 amide bonds. The Morgan fingerprint density at radius 1 is 1.46 bits per heavy atom. The van der Waals surface area contributed by atoms with Crippen LogP contribution in [0.2, 0.25) is 0 Å². The summed E-state index contributed by atoms with van der Waals surface area (Å²) in [5.41, 5.74) is 1.62. The molecule has 2 nitrogen and oxygen atoms in total. The topological polar surface area (TPSA) is 15.3 Å². The second kappa shape index (κ2) is 4.45. The van der Waals surface area contributed by atoms with Crippen LogP contribution >= 0.6 is 11.6 Å². The largest absolute Gasteiger partial charge is 0.312 e. The summed E-state index contributed by atoms with van der Waals surface area (Å²) in [6.45, 7) is 4.67. The highest BCUT2D eigenvalue weighted by Gasteiger charge is 2.33. The number of rotatable bonds is 2. The Balaban J connectivity index is 1.84. The highest BCUT2D eigenvalue weighted by molar-refractivity contribution is 6.25. The second-order valence-electron chi connectivity index (χ2n) is 4.04. The van der Waals surface area contributed by atoms with Crippen LogP contribution in [0.25, 0.3) is 0 Å². The van der Waals surface area contributed by atoms with Gasteiger partial charge in [0, 0.05) is 31.2 Å². The van der Waals surface area contributed by atoms with E-state index in [0.717, 1.165) is 18.5 Å². The van der Waals surface area contributed by atoms with Crippen LogP contribution in [0.5, 0.6) is 0 Å². The number of hydrogen-bond acceptors (Lipinski definition) is 2. The lowest BCUT2D eigenvalue weighted by molar-refractivity contribution is 0.335. The molecule has 2 rings (SSSR count). The fraction of sp³-hybridized carbons (Fsp3) is 0.800. The molecule has 3 heteroatoms. The van der Waals surface area contributed by atoms with E-state index in [1.165, 1.54) is 32.5 Å². The van der Waals surface area contributed by atoms with Gasteiger partial charge < -0.3 is 5.32 Å². The second-order valence-corrected chi connectivity index (χ2v) is 4.30. The fourth-order valence-corrected chi connectivity index (χ4v) is 2.55. The molecule has 0 spiro atoms. The maximum absolute atomic E-state index is 5.51. The Bertz CT molecular complexity index is 179. The first-order valence-electron chi connectivity index (χ1n) is 5.11. The lowest BCUT2D eigenvalue weighted by Gasteiger charge is -2.24. The van der Waals surface area contributed by atoms with Crippen LogP contribution in [0.15, 0.2) is 11.6 Å².